The monoisotopic (exact) mass is 383 g/mol. The van der Waals surface area contributed by atoms with E-state index in [0.29, 0.717) is 11.1 Å². The summed E-state index contributed by atoms with van der Waals surface area (Å²) in [6.07, 6.45) is -1.33. The zero-order valence-electron chi connectivity index (χ0n) is 15.5. The van der Waals surface area contributed by atoms with Crippen LogP contribution in [-0.2, 0) is 14.3 Å². The number of carbonyl (C=O) groups excluding carboxylic acids is 4. The van der Waals surface area contributed by atoms with E-state index in [-0.39, 0.29) is 0 Å². The number of amides is 4. The van der Waals surface area contributed by atoms with Gasteiger partial charge >= 0.3 is 12.0 Å². The highest BCUT2D eigenvalue weighted by Crippen LogP contribution is 2.17. The molecule has 0 bridgehead atoms. The second-order valence-corrected chi connectivity index (χ2v) is 5.90. The van der Waals surface area contributed by atoms with Crippen molar-refractivity contribution in [3.63, 3.8) is 0 Å². The Morgan fingerprint density at radius 3 is 2.36 bits per heavy atom. The SMILES string of the molecule is CNC(=O)NC(=O)C(OC(=O)CNC(=O)c1cccc(C)c1)c1ccccc1. The Kier molecular flexibility index (Phi) is 7.27. The molecular weight excluding hydrogens is 362 g/mol. The molecule has 0 aliphatic carbocycles. The van der Waals surface area contributed by atoms with Crippen LogP contribution in [0.3, 0.4) is 0 Å². The summed E-state index contributed by atoms with van der Waals surface area (Å²) >= 11 is 0. The van der Waals surface area contributed by atoms with Gasteiger partial charge in [0.15, 0.2) is 0 Å². The first-order chi connectivity index (χ1) is 13.4. The van der Waals surface area contributed by atoms with Gasteiger partial charge in [0.2, 0.25) is 6.10 Å². The number of imide groups is 1. The molecule has 28 heavy (non-hydrogen) atoms. The van der Waals surface area contributed by atoms with E-state index in [1.165, 1.54) is 7.05 Å². The lowest BCUT2D eigenvalue weighted by molar-refractivity contribution is -0.155. The fourth-order valence-corrected chi connectivity index (χ4v) is 2.35. The maximum Gasteiger partial charge on any atom is 0.326 e. The first-order valence-electron chi connectivity index (χ1n) is 8.52. The van der Waals surface area contributed by atoms with Crippen LogP contribution in [-0.4, -0.2) is 37.4 Å². The van der Waals surface area contributed by atoms with Crippen LogP contribution in [0.4, 0.5) is 4.79 Å². The molecule has 0 aromatic heterocycles. The zero-order chi connectivity index (χ0) is 20.5. The molecule has 0 aliphatic rings. The van der Waals surface area contributed by atoms with E-state index in [4.69, 9.17) is 4.74 Å². The van der Waals surface area contributed by atoms with E-state index in [1.54, 1.807) is 48.5 Å². The van der Waals surface area contributed by atoms with Crippen molar-refractivity contribution in [1.29, 1.82) is 0 Å². The number of ether oxygens (including phenoxy) is 1. The van der Waals surface area contributed by atoms with Crippen LogP contribution >= 0.6 is 0 Å². The van der Waals surface area contributed by atoms with Gasteiger partial charge in [0, 0.05) is 18.2 Å². The fourth-order valence-electron chi connectivity index (χ4n) is 2.35. The molecule has 0 spiro atoms. The molecule has 2 aromatic rings. The average molecular weight is 383 g/mol. The third-order valence-corrected chi connectivity index (χ3v) is 3.73. The topological polar surface area (TPSA) is 114 Å². The average Bonchev–Trinajstić information content (AvgIpc) is 2.70. The summed E-state index contributed by atoms with van der Waals surface area (Å²) in [5, 5.41) is 6.78. The molecule has 0 aliphatic heterocycles. The molecule has 146 valence electrons. The van der Waals surface area contributed by atoms with Crippen molar-refractivity contribution in [2.45, 2.75) is 13.0 Å². The molecule has 0 saturated carbocycles. The molecule has 1 atom stereocenters. The molecule has 1 unspecified atom stereocenters. The minimum Gasteiger partial charge on any atom is -0.446 e. The van der Waals surface area contributed by atoms with E-state index in [2.05, 4.69) is 16.0 Å². The molecule has 0 heterocycles. The number of rotatable bonds is 6. The van der Waals surface area contributed by atoms with Crippen LogP contribution in [0, 0.1) is 6.92 Å². The van der Waals surface area contributed by atoms with E-state index >= 15 is 0 Å². The molecule has 4 amide bonds. The molecule has 2 rings (SSSR count). The summed E-state index contributed by atoms with van der Waals surface area (Å²) < 4.78 is 5.21. The highest BCUT2D eigenvalue weighted by atomic mass is 16.5. The van der Waals surface area contributed by atoms with Crippen molar-refractivity contribution < 1.29 is 23.9 Å². The number of esters is 1. The number of nitrogens with one attached hydrogen (secondary N) is 3. The first kappa shape index (κ1) is 20.6. The Balaban J connectivity index is 2.02. The van der Waals surface area contributed by atoms with Gasteiger partial charge in [0.1, 0.15) is 6.54 Å². The Hall–Kier alpha value is -3.68. The second-order valence-electron chi connectivity index (χ2n) is 5.90. The fraction of sp³-hybridized carbons (Fsp3) is 0.200. The van der Waals surface area contributed by atoms with Crippen molar-refractivity contribution in [1.82, 2.24) is 16.0 Å². The van der Waals surface area contributed by atoms with Crippen molar-refractivity contribution in [2.75, 3.05) is 13.6 Å². The normalized spacial score (nSPS) is 11.1. The predicted octanol–water partition coefficient (Wildman–Crippen LogP) is 1.46. The number of aryl methyl sites for hydroxylation is 1. The van der Waals surface area contributed by atoms with E-state index in [9.17, 15) is 19.2 Å². The maximum atomic E-state index is 12.3. The molecule has 0 fully saturated rings. The van der Waals surface area contributed by atoms with Gasteiger partial charge in [-0.15, -0.1) is 0 Å². The third-order valence-electron chi connectivity index (χ3n) is 3.73. The van der Waals surface area contributed by atoms with Crippen LogP contribution in [0.1, 0.15) is 27.6 Å². The zero-order valence-corrected chi connectivity index (χ0v) is 15.5. The smallest absolute Gasteiger partial charge is 0.326 e. The third kappa shape index (κ3) is 5.94. The molecule has 0 radical (unpaired) electrons. The summed E-state index contributed by atoms with van der Waals surface area (Å²) in [4.78, 5) is 48.0. The Morgan fingerprint density at radius 2 is 1.71 bits per heavy atom. The molecule has 2 aromatic carbocycles. The highest BCUT2D eigenvalue weighted by molar-refractivity contribution is 5.98. The quantitative estimate of drug-likeness (QED) is 0.654. The number of hydrogen-bond donors (Lipinski definition) is 3. The highest BCUT2D eigenvalue weighted by Gasteiger charge is 2.26. The van der Waals surface area contributed by atoms with Gasteiger partial charge in [-0.3, -0.25) is 19.7 Å². The summed E-state index contributed by atoms with van der Waals surface area (Å²) in [6.45, 7) is 1.42. The standard InChI is InChI=1S/C20H21N3O5/c1-13-7-6-10-15(11-13)18(25)22-12-16(24)28-17(14-8-4-3-5-9-14)19(26)23-20(27)21-2/h3-11,17H,12H2,1-2H3,(H,22,25)(H2,21,23,26,27). The molecule has 0 saturated heterocycles. The van der Waals surface area contributed by atoms with Gasteiger partial charge in [-0.25, -0.2) is 4.79 Å². The Bertz CT molecular complexity index is 867. The van der Waals surface area contributed by atoms with E-state index in [1.807, 2.05) is 13.0 Å². The lowest BCUT2D eigenvalue weighted by atomic mass is 10.1. The Labute approximate surface area is 162 Å². The molecule has 8 nitrogen and oxygen atoms in total. The largest absolute Gasteiger partial charge is 0.446 e. The van der Waals surface area contributed by atoms with Crippen LogP contribution in [0.2, 0.25) is 0 Å². The number of carbonyl (C=O) groups is 4. The second kappa shape index (κ2) is 9.86. The van der Waals surface area contributed by atoms with Gasteiger partial charge in [-0.1, -0.05) is 48.0 Å². The summed E-state index contributed by atoms with van der Waals surface area (Å²) in [6, 6.07) is 14.4. The van der Waals surface area contributed by atoms with Crippen LogP contribution in [0.25, 0.3) is 0 Å². The van der Waals surface area contributed by atoms with Gasteiger partial charge in [-0.2, -0.15) is 0 Å². The predicted molar refractivity (Wildman–Crippen MR) is 101 cm³/mol. The van der Waals surface area contributed by atoms with Gasteiger partial charge < -0.3 is 15.4 Å². The van der Waals surface area contributed by atoms with E-state index in [0.717, 1.165) is 5.56 Å². The first-order valence-corrected chi connectivity index (χ1v) is 8.52. The molecule has 8 heteroatoms. The number of hydrogen-bond acceptors (Lipinski definition) is 5. The minimum atomic E-state index is -1.33. The van der Waals surface area contributed by atoms with E-state index < -0.39 is 36.5 Å². The summed E-state index contributed by atoms with van der Waals surface area (Å²) in [7, 11) is 1.35. The number of benzene rings is 2. The lowest BCUT2D eigenvalue weighted by Gasteiger charge is -2.17. The lowest BCUT2D eigenvalue weighted by Crippen LogP contribution is -2.42. The molecular formula is C20H21N3O5. The number of urea groups is 1. The maximum absolute atomic E-state index is 12.3. The van der Waals surface area contributed by atoms with Crippen molar-refractivity contribution in [2.24, 2.45) is 0 Å². The molecule has 3 N–H and O–H groups in total. The van der Waals surface area contributed by atoms with Crippen molar-refractivity contribution in [3.05, 3.63) is 71.3 Å². The van der Waals surface area contributed by atoms with Crippen LogP contribution in [0.15, 0.2) is 54.6 Å². The summed E-state index contributed by atoms with van der Waals surface area (Å²) in [5.74, 6) is -2.06. The Morgan fingerprint density at radius 1 is 1.00 bits per heavy atom. The van der Waals surface area contributed by atoms with Gasteiger partial charge in [-0.05, 0) is 19.1 Å². The van der Waals surface area contributed by atoms with Crippen LogP contribution in [0.5, 0.6) is 0 Å². The van der Waals surface area contributed by atoms with Gasteiger partial charge in [0.25, 0.3) is 11.8 Å². The van der Waals surface area contributed by atoms with Crippen LogP contribution < -0.4 is 16.0 Å². The summed E-state index contributed by atoms with van der Waals surface area (Å²) in [5.41, 5.74) is 1.71. The van der Waals surface area contributed by atoms with Crippen molar-refractivity contribution >= 4 is 23.8 Å². The minimum absolute atomic E-state index is 0.391. The van der Waals surface area contributed by atoms with Crippen molar-refractivity contribution in [3.8, 4) is 0 Å². The van der Waals surface area contributed by atoms with Gasteiger partial charge in [0.05, 0.1) is 0 Å².